The topological polar surface area (TPSA) is 50.9 Å². The Kier molecular flexibility index (Phi) is 3.95. The van der Waals surface area contributed by atoms with Crippen LogP contribution >= 0.6 is 0 Å². The summed E-state index contributed by atoms with van der Waals surface area (Å²) < 4.78 is 0. The molecule has 0 bridgehead atoms. The van der Waals surface area contributed by atoms with Gasteiger partial charge in [0.2, 0.25) is 0 Å². The van der Waals surface area contributed by atoms with Gasteiger partial charge < -0.3 is 11.1 Å². The number of nitrogens with one attached hydrogen (secondary N) is 1. The van der Waals surface area contributed by atoms with Crippen molar-refractivity contribution in [3.05, 3.63) is 59.4 Å². The highest BCUT2D eigenvalue weighted by Crippen LogP contribution is 2.19. The molecule has 1 aromatic carbocycles. The molecule has 1 atom stereocenters. The van der Waals surface area contributed by atoms with E-state index in [1.807, 2.05) is 25.3 Å². The van der Waals surface area contributed by atoms with E-state index < -0.39 is 0 Å². The van der Waals surface area contributed by atoms with E-state index in [1.165, 1.54) is 5.56 Å². The molecule has 2 aromatic rings. The van der Waals surface area contributed by atoms with Crippen LogP contribution in [0.5, 0.6) is 0 Å². The van der Waals surface area contributed by atoms with E-state index in [9.17, 15) is 0 Å². The van der Waals surface area contributed by atoms with Crippen molar-refractivity contribution in [3.63, 3.8) is 0 Å². The first-order valence-electron chi connectivity index (χ1n) is 6.15. The molecule has 0 saturated carbocycles. The van der Waals surface area contributed by atoms with Crippen molar-refractivity contribution in [1.29, 1.82) is 0 Å². The lowest BCUT2D eigenvalue weighted by Crippen LogP contribution is -2.20. The van der Waals surface area contributed by atoms with Crippen LogP contribution in [0.2, 0.25) is 0 Å². The fourth-order valence-electron chi connectivity index (χ4n) is 1.90. The number of anilines is 1. The van der Waals surface area contributed by atoms with Crippen LogP contribution in [0.4, 0.5) is 5.69 Å². The lowest BCUT2D eigenvalue weighted by atomic mass is 10.1. The molecule has 0 radical (unpaired) electrons. The molecule has 0 saturated heterocycles. The second kappa shape index (κ2) is 5.65. The third-order valence-electron chi connectivity index (χ3n) is 2.93. The zero-order valence-electron chi connectivity index (χ0n) is 10.9. The molecular weight excluding hydrogens is 222 g/mol. The van der Waals surface area contributed by atoms with Gasteiger partial charge in [-0.1, -0.05) is 18.2 Å². The first-order valence-corrected chi connectivity index (χ1v) is 6.15. The maximum absolute atomic E-state index is 5.84. The van der Waals surface area contributed by atoms with Crippen LogP contribution in [0.3, 0.4) is 0 Å². The molecule has 0 aliphatic heterocycles. The average molecular weight is 241 g/mol. The number of benzene rings is 1. The summed E-state index contributed by atoms with van der Waals surface area (Å²) in [4.78, 5) is 4.31. The summed E-state index contributed by atoms with van der Waals surface area (Å²) >= 11 is 0. The highest BCUT2D eigenvalue weighted by Gasteiger charge is 2.09. The predicted molar refractivity (Wildman–Crippen MR) is 75.6 cm³/mol. The van der Waals surface area contributed by atoms with E-state index >= 15 is 0 Å². The second-order valence-electron chi connectivity index (χ2n) is 4.54. The Labute approximate surface area is 108 Å². The van der Waals surface area contributed by atoms with Gasteiger partial charge in [-0.2, -0.15) is 0 Å². The Hall–Kier alpha value is -1.87. The molecule has 3 nitrogen and oxygen atoms in total. The van der Waals surface area contributed by atoms with Gasteiger partial charge in [-0.3, -0.25) is 4.98 Å². The minimum atomic E-state index is 0.0971. The van der Waals surface area contributed by atoms with Crippen LogP contribution < -0.4 is 11.1 Å². The Morgan fingerprint density at radius 3 is 2.67 bits per heavy atom. The number of rotatable bonds is 4. The normalized spacial score (nSPS) is 12.2. The first-order chi connectivity index (χ1) is 8.69. The summed E-state index contributed by atoms with van der Waals surface area (Å²) in [6, 6.07) is 12.5. The predicted octanol–water partition coefficient (Wildman–Crippen LogP) is 2.81. The maximum atomic E-state index is 5.84. The van der Waals surface area contributed by atoms with Gasteiger partial charge in [-0.15, -0.1) is 0 Å². The van der Waals surface area contributed by atoms with Crippen LogP contribution in [0.25, 0.3) is 0 Å². The van der Waals surface area contributed by atoms with Crippen molar-refractivity contribution in [2.24, 2.45) is 5.73 Å². The van der Waals surface area contributed by atoms with E-state index in [0.717, 1.165) is 16.9 Å². The summed E-state index contributed by atoms with van der Waals surface area (Å²) in [7, 11) is 0. The van der Waals surface area contributed by atoms with E-state index in [1.54, 1.807) is 0 Å². The largest absolute Gasteiger partial charge is 0.377 e. The van der Waals surface area contributed by atoms with Gasteiger partial charge in [0.15, 0.2) is 0 Å². The molecule has 3 N–H and O–H groups in total. The standard InChI is InChI=1S/C15H19N3/c1-11-4-3-5-14(8-11)18-15(9-16)13-7-6-12(2)17-10-13/h3-8,10,15,18H,9,16H2,1-2H3. The van der Waals surface area contributed by atoms with Crippen LogP contribution in [-0.2, 0) is 0 Å². The summed E-state index contributed by atoms with van der Waals surface area (Å²) in [6.45, 7) is 4.60. The molecule has 1 unspecified atom stereocenters. The van der Waals surface area contributed by atoms with Crippen molar-refractivity contribution < 1.29 is 0 Å². The number of aromatic nitrogens is 1. The molecule has 0 aliphatic carbocycles. The van der Waals surface area contributed by atoms with Gasteiger partial charge in [0.25, 0.3) is 0 Å². The summed E-state index contributed by atoms with van der Waals surface area (Å²) in [5, 5.41) is 3.44. The molecule has 2 rings (SSSR count). The molecule has 1 aromatic heterocycles. The monoisotopic (exact) mass is 241 g/mol. The number of hydrogen-bond donors (Lipinski definition) is 2. The van der Waals surface area contributed by atoms with Gasteiger partial charge in [0, 0.05) is 24.1 Å². The van der Waals surface area contributed by atoms with Crippen LogP contribution in [0, 0.1) is 13.8 Å². The van der Waals surface area contributed by atoms with E-state index in [4.69, 9.17) is 5.73 Å². The fourth-order valence-corrected chi connectivity index (χ4v) is 1.90. The smallest absolute Gasteiger partial charge is 0.0651 e. The van der Waals surface area contributed by atoms with Gasteiger partial charge in [-0.05, 0) is 43.2 Å². The highest BCUT2D eigenvalue weighted by molar-refractivity contribution is 5.47. The fraction of sp³-hybridized carbons (Fsp3) is 0.267. The van der Waals surface area contributed by atoms with Crippen molar-refractivity contribution >= 4 is 5.69 Å². The SMILES string of the molecule is Cc1cccc(NC(CN)c2ccc(C)nc2)c1. The van der Waals surface area contributed by atoms with Crippen molar-refractivity contribution in [2.45, 2.75) is 19.9 Å². The lowest BCUT2D eigenvalue weighted by molar-refractivity contribution is 0.783. The zero-order valence-corrected chi connectivity index (χ0v) is 10.9. The minimum absolute atomic E-state index is 0.0971. The Morgan fingerprint density at radius 1 is 1.22 bits per heavy atom. The summed E-state index contributed by atoms with van der Waals surface area (Å²) in [6.07, 6.45) is 1.88. The molecule has 1 heterocycles. The van der Waals surface area contributed by atoms with Crippen molar-refractivity contribution in [1.82, 2.24) is 4.98 Å². The zero-order chi connectivity index (χ0) is 13.0. The molecule has 3 heteroatoms. The minimum Gasteiger partial charge on any atom is -0.377 e. The van der Waals surface area contributed by atoms with Crippen molar-refractivity contribution in [3.8, 4) is 0 Å². The molecule has 0 spiro atoms. The molecule has 94 valence electrons. The maximum Gasteiger partial charge on any atom is 0.0651 e. The molecule has 18 heavy (non-hydrogen) atoms. The van der Waals surface area contributed by atoms with Crippen LogP contribution in [0.1, 0.15) is 22.9 Å². The molecule has 0 amide bonds. The number of hydrogen-bond acceptors (Lipinski definition) is 3. The second-order valence-corrected chi connectivity index (χ2v) is 4.54. The van der Waals surface area contributed by atoms with Gasteiger partial charge in [-0.25, -0.2) is 0 Å². The van der Waals surface area contributed by atoms with Crippen LogP contribution in [0.15, 0.2) is 42.6 Å². The van der Waals surface area contributed by atoms with Gasteiger partial charge in [0.05, 0.1) is 6.04 Å². The van der Waals surface area contributed by atoms with Crippen LogP contribution in [-0.4, -0.2) is 11.5 Å². The summed E-state index contributed by atoms with van der Waals surface area (Å²) in [5.41, 5.74) is 10.3. The average Bonchev–Trinajstić information content (AvgIpc) is 2.37. The van der Waals surface area contributed by atoms with Gasteiger partial charge >= 0.3 is 0 Å². The number of aryl methyl sites for hydroxylation is 2. The lowest BCUT2D eigenvalue weighted by Gasteiger charge is -2.18. The van der Waals surface area contributed by atoms with E-state index in [0.29, 0.717) is 6.54 Å². The first kappa shape index (κ1) is 12.6. The Bertz CT molecular complexity index is 505. The van der Waals surface area contributed by atoms with E-state index in [2.05, 4.69) is 41.5 Å². The van der Waals surface area contributed by atoms with Gasteiger partial charge in [0.1, 0.15) is 0 Å². The molecular formula is C15H19N3. The van der Waals surface area contributed by atoms with E-state index in [-0.39, 0.29) is 6.04 Å². The summed E-state index contributed by atoms with van der Waals surface area (Å²) in [5.74, 6) is 0. The quantitative estimate of drug-likeness (QED) is 0.865. The number of nitrogens with zero attached hydrogens (tertiary/aromatic N) is 1. The number of nitrogens with two attached hydrogens (primary N) is 1. The molecule has 0 fully saturated rings. The highest BCUT2D eigenvalue weighted by atomic mass is 14.9. The third kappa shape index (κ3) is 3.08. The third-order valence-corrected chi connectivity index (χ3v) is 2.93. The Balaban J connectivity index is 2.17. The molecule has 0 aliphatic rings. The van der Waals surface area contributed by atoms with Crippen molar-refractivity contribution in [2.75, 3.05) is 11.9 Å². The number of pyridine rings is 1. The Morgan fingerprint density at radius 2 is 2.06 bits per heavy atom.